The topological polar surface area (TPSA) is 155 Å². The highest BCUT2D eigenvalue weighted by atomic mass is 16.7. The maximum Gasteiger partial charge on any atom is 0.373 e. The van der Waals surface area contributed by atoms with Crippen molar-refractivity contribution in [1.29, 1.82) is 0 Å². The average molecular weight is 498 g/mol. The molecule has 11 heteroatoms. The van der Waals surface area contributed by atoms with Crippen molar-refractivity contribution in [1.82, 2.24) is 5.06 Å². The van der Waals surface area contributed by atoms with E-state index < -0.39 is 42.4 Å². The summed E-state index contributed by atoms with van der Waals surface area (Å²) in [6.07, 6.45) is -4.05. The molecule has 2 aromatic rings. The van der Waals surface area contributed by atoms with Gasteiger partial charge in [0.25, 0.3) is 17.9 Å². The maximum absolute atomic E-state index is 12.9. The monoisotopic (exact) mass is 498 g/mol. The zero-order chi connectivity index (χ0) is 25.7. The van der Waals surface area contributed by atoms with E-state index in [1.165, 1.54) is 0 Å². The third kappa shape index (κ3) is 5.29. The maximum atomic E-state index is 12.9. The van der Waals surface area contributed by atoms with E-state index in [-0.39, 0.29) is 44.0 Å². The Hall–Kier alpha value is -3.64. The van der Waals surface area contributed by atoms with Crippen molar-refractivity contribution >= 4 is 23.8 Å². The lowest BCUT2D eigenvalue weighted by molar-refractivity contribution is -0.209. The van der Waals surface area contributed by atoms with Gasteiger partial charge in [0.15, 0.2) is 0 Å². The van der Waals surface area contributed by atoms with E-state index in [4.69, 9.17) is 24.8 Å². The molecule has 2 unspecified atom stereocenters. The van der Waals surface area contributed by atoms with Crippen molar-refractivity contribution < 1.29 is 43.3 Å². The number of aliphatic hydroxyl groups is 1. The Balaban J connectivity index is 1.45. The summed E-state index contributed by atoms with van der Waals surface area (Å²) in [4.78, 5) is 54.2. The Kier molecular flexibility index (Phi) is 8.06. The molecule has 36 heavy (non-hydrogen) atoms. The molecule has 2 amide bonds. The predicted octanol–water partition coefficient (Wildman–Crippen LogP) is 0.281. The van der Waals surface area contributed by atoms with Crippen LogP contribution in [0.15, 0.2) is 48.5 Å². The number of nitrogens with zero attached hydrogens (tertiary/aromatic N) is 1. The van der Waals surface area contributed by atoms with E-state index in [0.717, 1.165) is 22.3 Å². The van der Waals surface area contributed by atoms with Gasteiger partial charge in [0, 0.05) is 12.5 Å². The smallest absolute Gasteiger partial charge is 0.373 e. The van der Waals surface area contributed by atoms with Crippen LogP contribution in [0.3, 0.4) is 0 Å². The molecule has 1 fully saturated rings. The molecule has 11 nitrogen and oxygen atoms in total. The van der Waals surface area contributed by atoms with Gasteiger partial charge in [0.05, 0.1) is 26.2 Å². The molecule has 2 aromatic carbocycles. The number of aliphatic hydroxyl groups excluding tert-OH is 1. The molecule has 190 valence electrons. The molecule has 0 radical (unpaired) electrons. The molecule has 2 atom stereocenters. The quantitative estimate of drug-likeness (QED) is 0.191. The first-order valence-corrected chi connectivity index (χ1v) is 11.4. The first-order chi connectivity index (χ1) is 17.4. The van der Waals surface area contributed by atoms with Crippen molar-refractivity contribution in [2.24, 2.45) is 5.73 Å². The zero-order valence-corrected chi connectivity index (χ0v) is 19.3. The van der Waals surface area contributed by atoms with Gasteiger partial charge in [-0.25, -0.2) is 9.59 Å². The lowest BCUT2D eigenvalue weighted by Gasteiger charge is -2.20. The average Bonchev–Trinajstić information content (AvgIpc) is 3.33. The Morgan fingerprint density at radius 2 is 1.61 bits per heavy atom. The number of benzene rings is 2. The minimum atomic E-state index is -1.89. The Morgan fingerprint density at radius 1 is 0.972 bits per heavy atom. The molecule has 0 bridgehead atoms. The molecular formula is C25H26N2O9. The first kappa shape index (κ1) is 25.5. The van der Waals surface area contributed by atoms with Crippen molar-refractivity contribution in [3.63, 3.8) is 0 Å². The number of nitrogens with two attached hydrogens (primary N) is 1. The van der Waals surface area contributed by atoms with Crippen LogP contribution in [0.4, 0.5) is 0 Å². The summed E-state index contributed by atoms with van der Waals surface area (Å²) in [5.74, 6) is -4.67. The summed E-state index contributed by atoms with van der Waals surface area (Å²) in [5.41, 5.74) is 9.37. The summed E-state index contributed by atoms with van der Waals surface area (Å²) in [5, 5.41) is 9.67. The van der Waals surface area contributed by atoms with Crippen molar-refractivity contribution in [3.05, 3.63) is 59.7 Å². The summed E-state index contributed by atoms with van der Waals surface area (Å²) in [6, 6.07) is 15.5. The van der Waals surface area contributed by atoms with Gasteiger partial charge in [-0.2, -0.15) is 0 Å². The molecule has 0 saturated carbocycles. The van der Waals surface area contributed by atoms with Gasteiger partial charge in [0.2, 0.25) is 0 Å². The molecule has 1 saturated heterocycles. The fourth-order valence-corrected chi connectivity index (χ4v) is 4.15. The highest BCUT2D eigenvalue weighted by Gasteiger charge is 2.43. The molecular weight excluding hydrogens is 472 g/mol. The van der Waals surface area contributed by atoms with Crippen molar-refractivity contribution in [2.45, 2.75) is 24.5 Å². The molecule has 0 aromatic heterocycles. The van der Waals surface area contributed by atoms with Crippen molar-refractivity contribution in [3.8, 4) is 11.1 Å². The second-order valence-corrected chi connectivity index (χ2v) is 8.17. The fraction of sp³-hybridized carbons (Fsp3) is 0.360. The normalized spacial score (nSPS) is 17.6. The number of hydrogen-bond donors (Lipinski definition) is 2. The van der Waals surface area contributed by atoms with Crippen LogP contribution < -0.4 is 5.73 Å². The minimum Gasteiger partial charge on any atom is -0.462 e. The molecule has 2 aliphatic rings. The number of carbonyl (C=O) groups is 4. The number of hydrogen-bond acceptors (Lipinski definition) is 10. The number of ether oxygens (including phenoxy) is 3. The molecule has 1 heterocycles. The van der Waals surface area contributed by atoms with E-state index in [1.54, 1.807) is 0 Å². The van der Waals surface area contributed by atoms with E-state index >= 15 is 0 Å². The summed E-state index contributed by atoms with van der Waals surface area (Å²) in [6.45, 7) is 0.286. The molecule has 4 rings (SSSR count). The standard InChI is InChI=1S/C25H26N2O9/c26-9-10-33-11-12-34-22(25(32)36-27-21(29)13-20(28)23(27)30)24(31)35-14-19-17-7-3-1-5-15(17)16-6-2-4-8-18(16)19/h1-8,19-20,22,28H,9-14,26H2. The summed E-state index contributed by atoms with van der Waals surface area (Å²) < 4.78 is 16.0. The SMILES string of the molecule is NCCOCCOC(C(=O)OCC1c2ccccc2-c2ccccc21)C(=O)ON1C(=O)CC(O)C1=O. The summed E-state index contributed by atoms with van der Waals surface area (Å²) in [7, 11) is 0. The minimum absolute atomic E-state index is 0.0257. The van der Waals surface area contributed by atoms with Gasteiger partial charge in [-0.1, -0.05) is 53.6 Å². The van der Waals surface area contributed by atoms with Gasteiger partial charge < -0.3 is 29.9 Å². The number of imide groups is 1. The van der Waals surface area contributed by atoms with E-state index in [0.29, 0.717) is 0 Å². The molecule has 0 spiro atoms. The van der Waals surface area contributed by atoms with E-state index in [2.05, 4.69) is 0 Å². The highest BCUT2D eigenvalue weighted by molar-refractivity contribution is 6.06. The van der Waals surface area contributed by atoms with Crippen LogP contribution in [0.25, 0.3) is 11.1 Å². The van der Waals surface area contributed by atoms with Gasteiger partial charge in [-0.05, 0) is 22.3 Å². The van der Waals surface area contributed by atoms with Crippen LogP contribution in [-0.4, -0.2) is 79.1 Å². The molecule has 3 N–H and O–H groups in total. The van der Waals surface area contributed by atoms with E-state index in [9.17, 15) is 24.3 Å². The van der Waals surface area contributed by atoms with Crippen LogP contribution in [-0.2, 0) is 38.2 Å². The summed E-state index contributed by atoms with van der Waals surface area (Å²) >= 11 is 0. The van der Waals surface area contributed by atoms with Gasteiger partial charge >= 0.3 is 11.9 Å². The second kappa shape index (κ2) is 11.4. The van der Waals surface area contributed by atoms with Crippen LogP contribution in [0.5, 0.6) is 0 Å². The molecule has 1 aliphatic carbocycles. The predicted molar refractivity (Wildman–Crippen MR) is 123 cm³/mol. The number of amides is 2. The van der Waals surface area contributed by atoms with Gasteiger partial charge in [0.1, 0.15) is 12.7 Å². The largest absolute Gasteiger partial charge is 0.462 e. The van der Waals surface area contributed by atoms with E-state index in [1.807, 2.05) is 48.5 Å². The fourth-order valence-electron chi connectivity index (χ4n) is 4.15. The third-order valence-corrected chi connectivity index (χ3v) is 5.82. The van der Waals surface area contributed by atoms with Gasteiger partial charge in [-0.3, -0.25) is 9.59 Å². The van der Waals surface area contributed by atoms with Crippen LogP contribution in [0, 0.1) is 0 Å². The zero-order valence-electron chi connectivity index (χ0n) is 19.3. The number of rotatable bonds is 11. The first-order valence-electron chi connectivity index (χ1n) is 11.4. The third-order valence-electron chi connectivity index (χ3n) is 5.82. The number of esters is 1. The van der Waals surface area contributed by atoms with Crippen molar-refractivity contribution in [2.75, 3.05) is 33.0 Å². The Labute approximate surface area is 206 Å². The second-order valence-electron chi connectivity index (χ2n) is 8.17. The molecule has 1 aliphatic heterocycles. The Bertz CT molecular complexity index is 1110. The Morgan fingerprint density at radius 3 is 2.19 bits per heavy atom. The number of hydroxylamine groups is 2. The van der Waals surface area contributed by atoms with Gasteiger partial charge in [-0.15, -0.1) is 0 Å². The lowest BCUT2D eigenvalue weighted by atomic mass is 9.98. The highest BCUT2D eigenvalue weighted by Crippen LogP contribution is 2.44. The van der Waals surface area contributed by atoms with Crippen LogP contribution in [0.2, 0.25) is 0 Å². The number of fused-ring (bicyclic) bond motifs is 3. The lowest BCUT2D eigenvalue weighted by Crippen LogP contribution is -2.43. The number of carbonyl (C=O) groups excluding carboxylic acids is 4. The van der Waals surface area contributed by atoms with Crippen LogP contribution in [0.1, 0.15) is 23.5 Å². The van der Waals surface area contributed by atoms with Crippen LogP contribution >= 0.6 is 0 Å².